The zero-order chi connectivity index (χ0) is 11.2. The molecule has 2 aromatic rings. The van der Waals surface area contributed by atoms with Gasteiger partial charge in [0.15, 0.2) is 0 Å². The highest BCUT2D eigenvalue weighted by atomic mass is 79.9. The summed E-state index contributed by atoms with van der Waals surface area (Å²) < 4.78 is 3.14. The third kappa shape index (κ3) is 1.46. The van der Waals surface area contributed by atoms with Crippen LogP contribution in [-0.4, -0.2) is 9.67 Å². The zero-order valence-electron chi connectivity index (χ0n) is 9.08. The Morgan fingerprint density at radius 2 is 2.00 bits per heavy atom. The Morgan fingerprint density at radius 3 is 2.53 bits per heavy atom. The number of rotatable bonds is 1. The molecular weight excluding hydrogens is 254 g/mol. The fraction of sp³-hybridized carbons (Fsp3) is 0.333. The van der Waals surface area contributed by atoms with E-state index < -0.39 is 0 Å². The molecule has 0 radical (unpaired) electrons. The Balaban J connectivity index is 2.92. The average molecular weight is 268 g/mol. The number of fused-ring (bicyclic) bond motifs is 1. The first-order chi connectivity index (χ1) is 7.04. The van der Waals surface area contributed by atoms with Gasteiger partial charge in [0.1, 0.15) is 5.75 Å². The van der Waals surface area contributed by atoms with Gasteiger partial charge in [0.25, 0.3) is 0 Å². The fourth-order valence-electron chi connectivity index (χ4n) is 2.08. The number of aryl methyl sites for hydroxylation is 1. The van der Waals surface area contributed by atoms with E-state index in [4.69, 9.17) is 0 Å². The summed E-state index contributed by atoms with van der Waals surface area (Å²) in [5, 5.41) is 10.7. The molecule has 0 bridgehead atoms. The highest BCUT2D eigenvalue weighted by molar-refractivity contribution is 9.10. The summed E-state index contributed by atoms with van der Waals surface area (Å²) >= 11 is 3.57. The number of hydrogen-bond acceptors (Lipinski definition) is 1. The first-order valence-electron chi connectivity index (χ1n) is 4.99. The van der Waals surface area contributed by atoms with Gasteiger partial charge in [0.2, 0.25) is 0 Å². The maximum Gasteiger partial charge on any atom is 0.126 e. The molecule has 0 unspecified atom stereocenters. The van der Waals surface area contributed by atoms with Gasteiger partial charge in [-0.15, -0.1) is 0 Å². The smallest absolute Gasteiger partial charge is 0.126 e. The van der Waals surface area contributed by atoms with Crippen LogP contribution in [0.15, 0.2) is 22.7 Å². The Kier molecular flexibility index (Phi) is 2.51. The van der Waals surface area contributed by atoms with E-state index in [9.17, 15) is 5.11 Å². The van der Waals surface area contributed by atoms with E-state index in [1.165, 1.54) is 5.69 Å². The topological polar surface area (TPSA) is 25.2 Å². The summed E-state index contributed by atoms with van der Waals surface area (Å²) in [6.07, 6.45) is 0. The van der Waals surface area contributed by atoms with Crippen molar-refractivity contribution in [1.82, 2.24) is 4.57 Å². The molecule has 1 N–H and O–H groups in total. The van der Waals surface area contributed by atoms with Crippen molar-refractivity contribution in [2.45, 2.75) is 19.8 Å². The summed E-state index contributed by atoms with van der Waals surface area (Å²) in [6, 6.07) is 5.61. The summed E-state index contributed by atoms with van der Waals surface area (Å²) in [7, 11) is 2.03. The molecule has 1 aromatic carbocycles. The highest BCUT2D eigenvalue weighted by Gasteiger charge is 2.17. The Labute approximate surface area is 97.7 Å². The van der Waals surface area contributed by atoms with Crippen LogP contribution in [0.1, 0.15) is 25.5 Å². The number of aromatic nitrogens is 1. The van der Waals surface area contributed by atoms with Crippen molar-refractivity contribution in [2.75, 3.05) is 0 Å². The maximum absolute atomic E-state index is 9.83. The molecule has 0 amide bonds. The largest absolute Gasteiger partial charge is 0.507 e. The van der Waals surface area contributed by atoms with Gasteiger partial charge in [-0.25, -0.2) is 0 Å². The number of benzene rings is 1. The van der Waals surface area contributed by atoms with Crippen molar-refractivity contribution in [3.05, 3.63) is 28.4 Å². The van der Waals surface area contributed by atoms with Gasteiger partial charge in [-0.05, 0) is 34.0 Å². The fourth-order valence-corrected chi connectivity index (χ4v) is 3.21. The van der Waals surface area contributed by atoms with Crippen LogP contribution in [0.25, 0.3) is 10.9 Å². The zero-order valence-corrected chi connectivity index (χ0v) is 10.7. The lowest BCUT2D eigenvalue weighted by molar-refractivity contribution is 0.481. The maximum atomic E-state index is 9.83. The molecule has 80 valence electrons. The number of halogens is 1. The molecule has 1 heterocycles. The van der Waals surface area contributed by atoms with Crippen molar-refractivity contribution >= 4 is 26.8 Å². The summed E-state index contributed by atoms with van der Waals surface area (Å²) in [4.78, 5) is 0. The monoisotopic (exact) mass is 267 g/mol. The normalized spacial score (nSPS) is 11.5. The molecule has 0 saturated carbocycles. The van der Waals surface area contributed by atoms with E-state index in [0.717, 1.165) is 15.4 Å². The van der Waals surface area contributed by atoms with E-state index in [1.807, 2.05) is 19.2 Å². The Bertz CT molecular complexity index is 514. The van der Waals surface area contributed by atoms with Crippen molar-refractivity contribution < 1.29 is 5.11 Å². The molecule has 0 saturated heterocycles. The second-order valence-electron chi connectivity index (χ2n) is 4.08. The molecule has 0 spiro atoms. The number of nitrogens with zero attached hydrogens (tertiary/aromatic N) is 1. The number of phenolic OH excluding ortho intramolecular Hbond substituents is 1. The lowest BCUT2D eigenvalue weighted by atomic mass is 10.1. The van der Waals surface area contributed by atoms with Crippen LogP contribution >= 0.6 is 15.9 Å². The van der Waals surface area contributed by atoms with Crippen molar-refractivity contribution in [1.29, 1.82) is 0 Å². The van der Waals surface area contributed by atoms with Gasteiger partial charge in [0, 0.05) is 12.7 Å². The van der Waals surface area contributed by atoms with E-state index in [-0.39, 0.29) is 0 Å². The molecular formula is C12H14BrNO. The molecule has 0 aliphatic heterocycles. The average Bonchev–Trinajstić information content (AvgIpc) is 2.40. The van der Waals surface area contributed by atoms with Gasteiger partial charge >= 0.3 is 0 Å². The van der Waals surface area contributed by atoms with E-state index in [2.05, 4.69) is 34.3 Å². The minimum Gasteiger partial charge on any atom is -0.507 e. The molecule has 2 nitrogen and oxygen atoms in total. The van der Waals surface area contributed by atoms with Crippen LogP contribution in [0.4, 0.5) is 0 Å². The van der Waals surface area contributed by atoms with Gasteiger partial charge in [-0.2, -0.15) is 0 Å². The summed E-state index contributed by atoms with van der Waals surface area (Å²) in [6.45, 7) is 4.30. The SMILES string of the molecule is CC(C)c1c(Br)c2c(O)cccc2n1C. The van der Waals surface area contributed by atoms with E-state index in [0.29, 0.717) is 11.7 Å². The number of phenols is 1. The lowest BCUT2D eigenvalue weighted by Gasteiger charge is -2.07. The predicted molar refractivity (Wildman–Crippen MR) is 66.4 cm³/mol. The molecule has 3 heteroatoms. The van der Waals surface area contributed by atoms with Gasteiger partial charge < -0.3 is 9.67 Å². The lowest BCUT2D eigenvalue weighted by Crippen LogP contribution is -1.98. The second-order valence-corrected chi connectivity index (χ2v) is 4.88. The van der Waals surface area contributed by atoms with Crippen LogP contribution in [-0.2, 0) is 7.05 Å². The molecule has 0 atom stereocenters. The van der Waals surface area contributed by atoms with Crippen LogP contribution in [0.5, 0.6) is 5.75 Å². The van der Waals surface area contributed by atoms with Crippen LogP contribution in [0, 0.1) is 0 Å². The Hall–Kier alpha value is -0.960. The highest BCUT2D eigenvalue weighted by Crippen LogP contribution is 2.38. The van der Waals surface area contributed by atoms with Gasteiger partial charge in [-0.3, -0.25) is 0 Å². The van der Waals surface area contributed by atoms with Crippen LogP contribution in [0.2, 0.25) is 0 Å². The number of hydrogen-bond donors (Lipinski definition) is 1. The predicted octanol–water partition coefficient (Wildman–Crippen LogP) is 3.77. The van der Waals surface area contributed by atoms with E-state index in [1.54, 1.807) is 6.07 Å². The van der Waals surface area contributed by atoms with Crippen molar-refractivity contribution in [3.8, 4) is 5.75 Å². The van der Waals surface area contributed by atoms with Gasteiger partial charge in [-0.1, -0.05) is 19.9 Å². The minimum atomic E-state index is 0.335. The first kappa shape index (κ1) is 10.6. The van der Waals surface area contributed by atoms with Crippen molar-refractivity contribution in [2.24, 2.45) is 7.05 Å². The molecule has 15 heavy (non-hydrogen) atoms. The molecule has 0 fully saturated rings. The molecule has 0 aliphatic rings. The molecule has 1 aromatic heterocycles. The van der Waals surface area contributed by atoms with Crippen molar-refractivity contribution in [3.63, 3.8) is 0 Å². The minimum absolute atomic E-state index is 0.335. The van der Waals surface area contributed by atoms with Crippen LogP contribution < -0.4 is 0 Å². The number of aromatic hydroxyl groups is 1. The third-order valence-corrected chi connectivity index (χ3v) is 3.54. The standard InChI is InChI=1S/C12H14BrNO/c1-7(2)12-11(13)10-8(14(12)3)5-4-6-9(10)15/h4-7,15H,1-3H3. The molecule has 0 aliphatic carbocycles. The first-order valence-corrected chi connectivity index (χ1v) is 5.79. The summed E-state index contributed by atoms with van der Waals surface area (Å²) in [5.41, 5.74) is 2.28. The second kappa shape index (κ2) is 3.56. The van der Waals surface area contributed by atoms with Crippen LogP contribution in [0.3, 0.4) is 0 Å². The summed E-state index contributed by atoms with van der Waals surface area (Å²) in [5.74, 6) is 0.762. The Morgan fingerprint density at radius 1 is 1.33 bits per heavy atom. The van der Waals surface area contributed by atoms with E-state index >= 15 is 0 Å². The third-order valence-electron chi connectivity index (χ3n) is 2.73. The molecule has 2 rings (SSSR count). The quantitative estimate of drug-likeness (QED) is 0.836. The van der Waals surface area contributed by atoms with Gasteiger partial charge in [0.05, 0.1) is 15.4 Å².